The molecule has 7 saturated carbocycles. The van der Waals surface area contributed by atoms with Gasteiger partial charge < -0.3 is 49.9 Å². The number of urea groups is 2. The van der Waals surface area contributed by atoms with Crippen molar-refractivity contribution in [3.63, 3.8) is 0 Å². The van der Waals surface area contributed by atoms with E-state index in [1.54, 1.807) is 11.0 Å². The second-order valence-electron chi connectivity index (χ2n) is 28.7. The van der Waals surface area contributed by atoms with Crippen LogP contribution in [0.1, 0.15) is 158 Å². The largest absolute Gasteiger partial charge is 0.486 e. The Bertz CT molecular complexity index is 2780. The molecule has 11 atom stereocenters. The first-order valence-electron chi connectivity index (χ1n) is 30.6. The van der Waals surface area contributed by atoms with E-state index in [0.717, 1.165) is 37.8 Å². The molecule has 2 aromatic carbocycles. The van der Waals surface area contributed by atoms with E-state index in [2.05, 4.69) is 96.8 Å². The number of nitrogens with zero attached hydrogens (tertiary/aromatic N) is 3. The predicted molar refractivity (Wildman–Crippen MR) is 324 cm³/mol. The smallest absolute Gasteiger partial charge is 0.482 e. The number of carbonyl (C=O) groups excluding carboxylic acids is 3. The summed E-state index contributed by atoms with van der Waals surface area (Å²) in [4.78, 5) is 57.7. The molecule has 4 bridgehead atoms. The average Bonchev–Trinajstić information content (AvgIpc) is 2.54. The van der Waals surface area contributed by atoms with Crippen LogP contribution in [-0.4, -0.2) is 109 Å². The van der Waals surface area contributed by atoms with Gasteiger partial charge in [-0.3, -0.25) is 9.59 Å². The summed E-state index contributed by atoms with van der Waals surface area (Å²) < 4.78 is 26.5. The number of hydrogen-bond donors (Lipinski definition) is 5. The lowest BCUT2D eigenvalue weighted by Crippen LogP contribution is -2.65. The summed E-state index contributed by atoms with van der Waals surface area (Å²) >= 11 is 0. The van der Waals surface area contributed by atoms with Crippen molar-refractivity contribution in [1.29, 1.82) is 0 Å². The average molecular weight is 1140 g/mol. The molecule has 3 heterocycles. The Morgan fingerprint density at radius 3 is 1.48 bits per heavy atom. The number of likely N-dealkylation sites (tertiary alicyclic amines) is 1. The van der Waals surface area contributed by atoms with E-state index in [-0.39, 0.29) is 86.9 Å². The van der Waals surface area contributed by atoms with Crippen LogP contribution >= 0.6 is 0 Å². The van der Waals surface area contributed by atoms with Crippen molar-refractivity contribution >= 4 is 38.2 Å². The van der Waals surface area contributed by atoms with Gasteiger partial charge in [0, 0.05) is 25.7 Å². The summed E-state index contributed by atoms with van der Waals surface area (Å²) in [7, 11) is -0.956. The maximum Gasteiger partial charge on any atom is 0.482 e. The van der Waals surface area contributed by atoms with Gasteiger partial charge in [-0.2, -0.15) is 0 Å². The molecule has 7 aliphatic carbocycles. The molecule has 0 spiro atoms. The quantitative estimate of drug-likeness (QED) is 0.0697. The molecular formula is C65H93B2N7O9. The SMILES string of the molecule is CC1(C)[C@@H]2C[C@H]3OB([C@H](Cc4ccccc4)NC(=O)NCC4CCCC4)O[C@@]3(C)[C@H]1C2.[C-]#[N+]C(=CC(C)(C)C)C(=O)N1CCC[C@H]1CNC(=O)N[C@@H](Cc1ccccc1)B1O[C@@H]2C[C@@H]3C[C@@H](C3(C)C)[C@]2(C)O1.[C-]#[N+]C(=CC(C)(C)C)C(=O)O. The van der Waals surface area contributed by atoms with E-state index in [1.165, 1.54) is 50.2 Å². The zero-order valence-electron chi connectivity index (χ0n) is 51.5. The van der Waals surface area contributed by atoms with Crippen LogP contribution < -0.4 is 21.3 Å². The number of allylic oxidation sites excluding steroid dienone is 2. The molecule has 5 N–H and O–H groups in total. The highest BCUT2D eigenvalue weighted by Crippen LogP contribution is 2.67. The fourth-order valence-corrected chi connectivity index (χ4v) is 15.0. The van der Waals surface area contributed by atoms with E-state index in [9.17, 15) is 19.2 Å². The molecule has 0 unspecified atom stereocenters. The Kier molecular flexibility index (Phi) is 19.5. The van der Waals surface area contributed by atoms with Crippen LogP contribution in [0.4, 0.5) is 9.59 Å². The van der Waals surface area contributed by atoms with Gasteiger partial charge in [0.05, 0.1) is 48.4 Å². The van der Waals surface area contributed by atoms with Crippen LogP contribution in [0, 0.1) is 64.4 Å². The maximum atomic E-state index is 13.3. The molecule has 2 aromatic rings. The van der Waals surface area contributed by atoms with Crippen LogP contribution in [0.3, 0.4) is 0 Å². The minimum atomic E-state index is -1.16. The highest BCUT2D eigenvalue weighted by Gasteiger charge is 2.70. The van der Waals surface area contributed by atoms with Crippen molar-refractivity contribution in [2.24, 2.45) is 51.2 Å². The first-order valence-corrected chi connectivity index (χ1v) is 30.6. The van der Waals surface area contributed by atoms with Crippen molar-refractivity contribution in [2.75, 3.05) is 19.6 Å². The molecule has 0 radical (unpaired) electrons. The minimum absolute atomic E-state index is 0.0308. The van der Waals surface area contributed by atoms with Gasteiger partial charge in [0.2, 0.25) is 5.70 Å². The van der Waals surface area contributed by atoms with Gasteiger partial charge in [0.1, 0.15) is 0 Å². The molecule has 18 heteroatoms. The van der Waals surface area contributed by atoms with E-state index >= 15 is 0 Å². The van der Waals surface area contributed by atoms with Crippen molar-refractivity contribution in [1.82, 2.24) is 26.2 Å². The summed E-state index contributed by atoms with van der Waals surface area (Å²) in [5.74, 6) is 0.938. The van der Waals surface area contributed by atoms with Crippen LogP contribution in [0.25, 0.3) is 9.69 Å². The van der Waals surface area contributed by atoms with E-state index in [4.69, 9.17) is 36.9 Å². The zero-order valence-corrected chi connectivity index (χ0v) is 51.5. The van der Waals surface area contributed by atoms with Crippen LogP contribution in [-0.2, 0) is 41.0 Å². The fourth-order valence-electron chi connectivity index (χ4n) is 15.0. The summed E-state index contributed by atoms with van der Waals surface area (Å²) in [5, 5.41) is 20.9. The molecular weight excluding hydrogens is 1040 g/mol. The normalized spacial score (nSPS) is 30.0. The number of carbonyl (C=O) groups is 4. The number of aliphatic carboxylic acids is 1. The predicted octanol–water partition coefficient (Wildman–Crippen LogP) is 11.3. The lowest BCUT2D eigenvalue weighted by molar-refractivity contribution is -0.199. The van der Waals surface area contributed by atoms with Crippen molar-refractivity contribution in [3.05, 3.63) is 118 Å². The number of rotatable bonds is 14. The number of benzene rings is 2. The lowest BCUT2D eigenvalue weighted by Gasteiger charge is -2.64. The number of amides is 5. The Balaban J connectivity index is 0.000000188. The summed E-state index contributed by atoms with van der Waals surface area (Å²) in [6.45, 7) is 41.1. The standard InChI is InChI=1S/C32H45BN4O4.C25H37BN2O3.C8H11NO2/c1-30(2,3)19-24(34-7)28(38)37-15-11-14-23(37)20-35-29(39)36-27(16-21-12-9-8-10-13-21)33-40-26-18-22-17-25(31(22,4)5)32(26,6)41-33;1-24(2)19-14-20(24)25(3)21(15-19)30-26(31-25)22(13-17-9-5-4-6-10-17)28-23(29)27-16-18-11-7-8-12-18;1-8(2,3)5-6(9-4)7(10)11/h8-10,12-13,19,22-23,25-27H,11,14-18,20H2,1-6H3,(H2,35,36,39);4-6,9-10,18-22H,7-8,11-16H2,1-3H3,(H2,27,28,29);5H,1-3H3,(H,10,11)/t22-,23-,25-,26+,27-,32-;19-,20-,21+,22-,25-;/m00./s1. The first-order chi connectivity index (χ1) is 39.0. The molecule has 3 aliphatic heterocycles. The summed E-state index contributed by atoms with van der Waals surface area (Å²) in [5.41, 5.74) is 1.61. The summed E-state index contributed by atoms with van der Waals surface area (Å²) in [6, 6.07) is 19.8. The Morgan fingerprint density at radius 1 is 0.651 bits per heavy atom. The van der Waals surface area contributed by atoms with Gasteiger partial charge in [-0.1, -0.05) is 155 Å². The second kappa shape index (κ2) is 25.5. The van der Waals surface area contributed by atoms with Crippen LogP contribution in [0.2, 0.25) is 0 Å². The lowest BCUT2D eigenvalue weighted by atomic mass is 9.43. The van der Waals surface area contributed by atoms with Crippen molar-refractivity contribution in [2.45, 2.75) is 201 Å². The van der Waals surface area contributed by atoms with E-state index in [0.29, 0.717) is 60.9 Å². The zero-order chi connectivity index (χ0) is 60.3. The molecule has 0 aromatic heterocycles. The Morgan fingerprint density at radius 2 is 1.08 bits per heavy atom. The third-order valence-corrected chi connectivity index (χ3v) is 19.8. The van der Waals surface area contributed by atoms with E-state index in [1.807, 2.05) is 77.9 Å². The highest BCUT2D eigenvalue weighted by atomic mass is 16.7. The van der Waals surface area contributed by atoms with Crippen molar-refractivity contribution in [3.8, 4) is 0 Å². The monoisotopic (exact) mass is 1140 g/mol. The number of carboxylic acids is 1. The number of carboxylic acid groups (broad SMARTS) is 1. The van der Waals surface area contributed by atoms with Gasteiger partial charge in [-0.05, 0) is 140 Å². The Hall–Kier alpha value is -5.65. The molecule has 3 saturated heterocycles. The molecule has 5 amide bonds. The van der Waals surface area contributed by atoms with Gasteiger partial charge >= 0.3 is 32.3 Å². The molecule has 16 nitrogen and oxygen atoms in total. The first kappa shape index (κ1) is 63.4. The third-order valence-electron chi connectivity index (χ3n) is 19.8. The third kappa shape index (κ3) is 14.7. The molecule has 448 valence electrons. The minimum Gasteiger partial charge on any atom is -0.486 e. The topological polar surface area (TPSA) is 186 Å². The van der Waals surface area contributed by atoms with Gasteiger partial charge in [0.15, 0.2) is 0 Å². The summed E-state index contributed by atoms with van der Waals surface area (Å²) in [6.07, 6.45) is 15.7. The molecule has 10 aliphatic rings. The number of hydrogen-bond acceptors (Lipinski definition) is 8. The van der Waals surface area contributed by atoms with E-state index < -0.39 is 20.2 Å². The van der Waals surface area contributed by atoms with Crippen LogP contribution in [0.15, 0.2) is 84.2 Å². The molecule has 12 rings (SSSR count). The second-order valence-corrected chi connectivity index (χ2v) is 28.7. The van der Waals surface area contributed by atoms with Gasteiger partial charge in [-0.25, -0.2) is 19.3 Å². The number of nitrogens with one attached hydrogen (secondary N) is 4. The molecule has 10 fully saturated rings. The maximum absolute atomic E-state index is 13.3. The van der Waals surface area contributed by atoms with Gasteiger partial charge in [0.25, 0.3) is 11.6 Å². The Labute approximate surface area is 495 Å². The highest BCUT2D eigenvalue weighted by molar-refractivity contribution is 6.48. The van der Waals surface area contributed by atoms with Gasteiger partial charge in [-0.15, -0.1) is 0 Å². The fraction of sp³-hybridized carbons (Fsp3) is 0.662. The van der Waals surface area contributed by atoms with Crippen LogP contribution in [0.5, 0.6) is 0 Å². The van der Waals surface area contributed by atoms with Crippen molar-refractivity contribution < 1.29 is 42.9 Å². The molecule has 83 heavy (non-hydrogen) atoms.